The van der Waals surface area contributed by atoms with Crippen molar-refractivity contribution in [1.82, 2.24) is 4.98 Å². The molecule has 12 heavy (non-hydrogen) atoms. The normalized spacial score (nSPS) is 11.7. The first kappa shape index (κ1) is 9.17. The summed E-state index contributed by atoms with van der Waals surface area (Å²) in [5.74, 6) is 0. The highest BCUT2D eigenvalue weighted by atomic mass is 19.1. The molecule has 0 aliphatic carbocycles. The molecule has 0 N–H and O–H groups in total. The Bertz CT molecular complexity index is 268. The summed E-state index contributed by atoms with van der Waals surface area (Å²) in [5, 5.41) is 0. The Morgan fingerprint density at radius 2 is 2.17 bits per heavy atom. The number of aryl methyl sites for hydroxylation is 1. The maximum Gasteiger partial charge on any atom is 0.100 e. The average Bonchev–Trinajstić information content (AvgIpc) is 2.05. The molecule has 0 saturated heterocycles. The zero-order valence-electron chi connectivity index (χ0n) is 7.76. The van der Waals surface area contributed by atoms with Crippen LogP contribution in [-0.4, -0.2) is 11.7 Å². The van der Waals surface area contributed by atoms with Gasteiger partial charge in [-0.1, -0.05) is 13.8 Å². The van der Waals surface area contributed by atoms with Gasteiger partial charge in [-0.2, -0.15) is 0 Å². The number of aromatic nitrogens is 1. The second kappa shape index (κ2) is 3.21. The van der Waals surface area contributed by atoms with Crippen LogP contribution in [0.1, 0.15) is 25.1 Å². The molecule has 1 rings (SSSR count). The van der Waals surface area contributed by atoms with Crippen LogP contribution in [0.4, 0.5) is 4.39 Å². The minimum absolute atomic E-state index is 0.372. The van der Waals surface area contributed by atoms with Gasteiger partial charge in [-0.15, -0.1) is 0 Å². The molecule has 0 atom stereocenters. The molecule has 0 spiro atoms. The van der Waals surface area contributed by atoms with Crippen LogP contribution < -0.4 is 0 Å². The average molecular weight is 167 g/mol. The predicted molar refractivity (Wildman–Crippen MR) is 48.0 cm³/mol. The lowest BCUT2D eigenvalue weighted by atomic mass is 9.90. The van der Waals surface area contributed by atoms with E-state index in [1.54, 1.807) is 6.20 Å². The van der Waals surface area contributed by atoms with Gasteiger partial charge in [0.05, 0.1) is 0 Å². The highest BCUT2D eigenvalue weighted by Gasteiger charge is 2.21. The summed E-state index contributed by atoms with van der Waals surface area (Å²) in [6.45, 7) is 5.33. The van der Waals surface area contributed by atoms with Gasteiger partial charge >= 0.3 is 0 Å². The van der Waals surface area contributed by atoms with E-state index in [1.807, 2.05) is 32.9 Å². The number of hydrogen-bond donors (Lipinski definition) is 0. The van der Waals surface area contributed by atoms with Gasteiger partial charge in [-0.05, 0) is 24.6 Å². The molecule has 0 amide bonds. The van der Waals surface area contributed by atoms with E-state index in [9.17, 15) is 4.39 Å². The minimum atomic E-state index is -0.452. The molecule has 0 aliphatic rings. The van der Waals surface area contributed by atoms with E-state index in [2.05, 4.69) is 4.98 Å². The molecule has 1 heterocycles. The molecule has 2 heteroatoms. The Balaban J connectivity index is 3.03. The summed E-state index contributed by atoms with van der Waals surface area (Å²) in [7, 11) is 0. The molecule has 0 radical (unpaired) electrons. The summed E-state index contributed by atoms with van der Waals surface area (Å²) >= 11 is 0. The highest BCUT2D eigenvalue weighted by Crippen LogP contribution is 2.21. The Morgan fingerprint density at radius 3 is 2.67 bits per heavy atom. The summed E-state index contributed by atoms with van der Waals surface area (Å²) in [4.78, 5) is 4.14. The quantitative estimate of drug-likeness (QED) is 0.659. The molecule has 0 aromatic carbocycles. The van der Waals surface area contributed by atoms with Gasteiger partial charge in [-0.25, -0.2) is 0 Å². The van der Waals surface area contributed by atoms with Crippen molar-refractivity contribution in [2.75, 3.05) is 6.67 Å². The van der Waals surface area contributed by atoms with Gasteiger partial charge in [-0.3, -0.25) is 9.37 Å². The number of halogens is 1. The first-order valence-corrected chi connectivity index (χ1v) is 4.05. The Morgan fingerprint density at radius 1 is 1.50 bits per heavy atom. The van der Waals surface area contributed by atoms with Crippen molar-refractivity contribution < 1.29 is 4.39 Å². The van der Waals surface area contributed by atoms with E-state index in [0.29, 0.717) is 0 Å². The van der Waals surface area contributed by atoms with Gasteiger partial charge in [0, 0.05) is 17.3 Å². The second-order valence-corrected chi connectivity index (χ2v) is 3.74. The highest BCUT2D eigenvalue weighted by molar-refractivity contribution is 5.20. The Labute approximate surface area is 72.6 Å². The van der Waals surface area contributed by atoms with Crippen molar-refractivity contribution in [2.45, 2.75) is 26.2 Å². The maximum atomic E-state index is 12.5. The number of hydrogen-bond acceptors (Lipinski definition) is 1. The fourth-order valence-corrected chi connectivity index (χ4v) is 0.975. The van der Waals surface area contributed by atoms with E-state index < -0.39 is 5.41 Å². The molecular weight excluding hydrogens is 153 g/mol. The molecular formula is C10H14FN. The Kier molecular flexibility index (Phi) is 2.46. The van der Waals surface area contributed by atoms with Crippen molar-refractivity contribution in [1.29, 1.82) is 0 Å². The van der Waals surface area contributed by atoms with Crippen molar-refractivity contribution in [3.8, 4) is 0 Å². The lowest BCUT2D eigenvalue weighted by molar-refractivity contribution is 0.344. The molecule has 0 aliphatic heterocycles. The van der Waals surface area contributed by atoms with Crippen LogP contribution in [0.15, 0.2) is 18.3 Å². The van der Waals surface area contributed by atoms with Gasteiger partial charge in [0.15, 0.2) is 0 Å². The van der Waals surface area contributed by atoms with Crippen LogP contribution in [0.3, 0.4) is 0 Å². The van der Waals surface area contributed by atoms with Crippen LogP contribution in [-0.2, 0) is 5.41 Å². The summed E-state index contributed by atoms with van der Waals surface area (Å²) in [6.07, 6.45) is 1.72. The van der Waals surface area contributed by atoms with E-state index in [4.69, 9.17) is 0 Å². The summed E-state index contributed by atoms with van der Waals surface area (Å²) in [5.41, 5.74) is 1.50. The van der Waals surface area contributed by atoms with E-state index in [0.717, 1.165) is 11.3 Å². The van der Waals surface area contributed by atoms with Gasteiger partial charge in [0.25, 0.3) is 0 Å². The largest absolute Gasteiger partial charge is 0.261 e. The van der Waals surface area contributed by atoms with Crippen molar-refractivity contribution in [2.24, 2.45) is 0 Å². The number of pyridine rings is 1. The summed E-state index contributed by atoms with van der Waals surface area (Å²) in [6, 6.07) is 3.84. The molecule has 0 unspecified atom stereocenters. The molecule has 66 valence electrons. The van der Waals surface area contributed by atoms with Crippen molar-refractivity contribution in [3.63, 3.8) is 0 Å². The number of nitrogens with zero attached hydrogens (tertiary/aromatic N) is 1. The van der Waals surface area contributed by atoms with Crippen LogP contribution in [0.25, 0.3) is 0 Å². The van der Waals surface area contributed by atoms with Crippen LogP contribution in [0.5, 0.6) is 0 Å². The fourth-order valence-electron chi connectivity index (χ4n) is 0.975. The van der Waals surface area contributed by atoms with Crippen LogP contribution >= 0.6 is 0 Å². The number of alkyl halides is 1. The third-order valence-corrected chi connectivity index (χ3v) is 1.94. The standard InChI is InChI=1S/C10H14FN/c1-8-4-5-12-9(6-8)10(2,3)7-11/h4-6H,7H2,1-3H3. The van der Waals surface area contributed by atoms with E-state index in [1.165, 1.54) is 0 Å². The predicted octanol–water partition coefficient (Wildman–Crippen LogP) is 2.64. The maximum absolute atomic E-state index is 12.5. The lowest BCUT2D eigenvalue weighted by Crippen LogP contribution is -2.21. The monoisotopic (exact) mass is 167 g/mol. The number of rotatable bonds is 2. The molecule has 1 aromatic rings. The van der Waals surface area contributed by atoms with Crippen molar-refractivity contribution >= 4 is 0 Å². The van der Waals surface area contributed by atoms with Crippen LogP contribution in [0.2, 0.25) is 0 Å². The smallest absolute Gasteiger partial charge is 0.100 e. The molecule has 1 aromatic heterocycles. The first-order valence-electron chi connectivity index (χ1n) is 4.05. The first-order chi connectivity index (χ1) is 5.56. The van der Waals surface area contributed by atoms with Crippen molar-refractivity contribution in [3.05, 3.63) is 29.6 Å². The van der Waals surface area contributed by atoms with E-state index in [-0.39, 0.29) is 6.67 Å². The second-order valence-electron chi connectivity index (χ2n) is 3.74. The topological polar surface area (TPSA) is 12.9 Å². The van der Waals surface area contributed by atoms with Gasteiger partial charge in [0.1, 0.15) is 6.67 Å². The zero-order chi connectivity index (χ0) is 9.19. The molecule has 0 fully saturated rings. The Hall–Kier alpha value is -0.920. The molecule has 1 nitrogen and oxygen atoms in total. The third kappa shape index (κ3) is 1.81. The summed E-state index contributed by atoms with van der Waals surface area (Å²) < 4.78 is 12.5. The minimum Gasteiger partial charge on any atom is -0.261 e. The third-order valence-electron chi connectivity index (χ3n) is 1.94. The lowest BCUT2D eigenvalue weighted by Gasteiger charge is -2.19. The van der Waals surface area contributed by atoms with Gasteiger partial charge < -0.3 is 0 Å². The van der Waals surface area contributed by atoms with Gasteiger partial charge in [0.2, 0.25) is 0 Å². The zero-order valence-corrected chi connectivity index (χ0v) is 7.76. The fraction of sp³-hybridized carbons (Fsp3) is 0.500. The molecule has 0 bridgehead atoms. The van der Waals surface area contributed by atoms with Crippen LogP contribution in [0, 0.1) is 6.92 Å². The van der Waals surface area contributed by atoms with E-state index >= 15 is 0 Å². The molecule has 0 saturated carbocycles. The SMILES string of the molecule is Cc1ccnc(C(C)(C)CF)c1.